The number of piperidine rings is 4. The number of halogens is 10. The number of nitrogens with zero attached hydrogens (tertiary/aromatic N) is 33. The van der Waals surface area contributed by atoms with Crippen molar-refractivity contribution in [3.63, 3.8) is 0 Å². The maximum atomic E-state index is 15.3. The highest BCUT2D eigenvalue weighted by molar-refractivity contribution is 6.31. The average Bonchev–Trinajstić information content (AvgIpc) is 1.67. The molecule has 12 aromatic rings. The van der Waals surface area contributed by atoms with Crippen molar-refractivity contribution in [2.45, 2.75) is 184 Å². The van der Waals surface area contributed by atoms with Gasteiger partial charge in [-0.15, -0.1) is 0 Å². The van der Waals surface area contributed by atoms with Crippen molar-refractivity contribution in [2.24, 2.45) is 0 Å². The zero-order valence-corrected chi connectivity index (χ0v) is 73.3. The third-order valence-corrected chi connectivity index (χ3v) is 24.1. The van der Waals surface area contributed by atoms with E-state index in [9.17, 15) is 32.3 Å². The average molecular weight is 1860 g/mol. The van der Waals surface area contributed by atoms with Crippen LogP contribution >= 0.6 is 34.8 Å². The van der Waals surface area contributed by atoms with Crippen LogP contribution in [0.5, 0.6) is 0 Å². The number of imidazole rings is 3. The van der Waals surface area contributed by atoms with E-state index < -0.39 is 60.6 Å². The standard InChI is InChI=1S/C22H22F4N8O.2C21H22ClFN8O.C20H21ClFN9O/c1-13-27-5-7-33(13)19-11-28-17(10-29-19)20(35)34(15-2-3-15)18-4-6-32(12-16(18)23)21-30-8-14(9-31-21)22(24,25)26;1-13-24-5-7-30(13)21-25-8-14(9-26-21)19(32)31(16-2-3-16)18-4-6-29(12-17(18)23)20-27-10-15(22)11-28-20;1-13-24-5-7-30(13)19-11-25-17(10-26-19)20(32)31(15-2-3-15)18-4-6-29(12-16(18)23)21-27-8-14(22)9-28-21;1-12-27-11-30(28-12)18-9-23-16(8-24-18)19(32)31(14-2-3-14)17-4-5-29(10-15(17)22)20-25-6-13(21)7-26-20/h5,7-11,15-16,18H,2-4,6,12H2,1H3;5,7-11,16-18H,2-4,6,12H2,1H3;5,7-11,15-16,18H,2-4,6,12H2,1H3;6-9,11,14-15,17H,2-5,10H2,1H3/t16-,18+;17-,18+;16-,18+;15-,17+/m0000/s1. The fourth-order valence-electron chi connectivity index (χ4n) is 16.4. The smallest absolute Gasteiger partial charge is 0.338 e. The molecule has 0 bridgehead atoms. The molecule has 37 nitrogen and oxygen atoms in total. The Labute approximate surface area is 759 Å². The Kier molecular flexibility index (Phi) is 26.7. The third-order valence-electron chi connectivity index (χ3n) is 23.6. The first-order chi connectivity index (χ1) is 63.2. The Morgan fingerprint density at radius 3 is 0.901 bits per heavy atom. The predicted molar refractivity (Wildman–Crippen MR) is 460 cm³/mol. The molecule has 4 aliphatic heterocycles. The third kappa shape index (κ3) is 20.9. The van der Waals surface area contributed by atoms with Gasteiger partial charge in [-0.2, -0.15) is 18.3 Å². The topological polar surface area (TPSA) is 385 Å². The van der Waals surface area contributed by atoms with Crippen molar-refractivity contribution in [3.8, 4) is 23.4 Å². The molecular weight excluding hydrogens is 1770 g/mol. The number of amides is 4. The normalized spacial score (nSPS) is 20.8. The molecule has 682 valence electrons. The Balaban J connectivity index is 0.000000122. The SMILES string of the molecule is Cc1nccn1-c1cnc(C(=O)N(C2CC2)[C@@H]2CCN(c3ncc(C(F)(F)F)cn3)C[C@@H]2F)cn1.Cc1nccn1-c1cnc(C(=O)N(C2CC2)[C@@H]2CCN(c3ncc(Cl)cn3)C[C@@H]2F)cn1.Cc1nccn1-c1ncc(C(=O)N(C2CC2)[C@@H]2CCN(c3ncc(Cl)cn3)C[C@@H]2F)cn1.Cc1ncn(-c2cnc(C(=O)N(C3CC3)[C@@H]3CCN(c4ncc(Cl)cn4)C[C@@H]3F)cn2)n1. The van der Waals surface area contributed by atoms with Gasteiger partial charge in [-0.1, -0.05) is 34.8 Å². The second kappa shape index (κ2) is 38.9. The first-order valence-electron chi connectivity index (χ1n) is 42.6. The summed E-state index contributed by atoms with van der Waals surface area (Å²) in [6.07, 6.45) is 32.7. The lowest BCUT2D eigenvalue weighted by atomic mass is 10.00. The van der Waals surface area contributed by atoms with Crippen LogP contribution in [0.4, 0.5) is 54.5 Å². The van der Waals surface area contributed by atoms with Crippen LogP contribution in [0.1, 0.15) is 148 Å². The minimum absolute atomic E-state index is 0.0275. The lowest BCUT2D eigenvalue weighted by molar-refractivity contribution is -0.138. The molecular formula is C84H87Cl3F7N33O4. The molecule has 0 unspecified atom stereocenters. The summed E-state index contributed by atoms with van der Waals surface area (Å²) in [5.74, 6) is 4.99. The molecule has 47 heteroatoms. The lowest BCUT2D eigenvalue weighted by Gasteiger charge is -2.40. The van der Waals surface area contributed by atoms with Gasteiger partial charge in [0.1, 0.15) is 71.4 Å². The number of alkyl halides is 7. The van der Waals surface area contributed by atoms with Crippen molar-refractivity contribution in [1.29, 1.82) is 0 Å². The quantitative estimate of drug-likeness (QED) is 0.0640. The molecule has 4 amide bonds. The monoisotopic (exact) mass is 1860 g/mol. The zero-order valence-electron chi connectivity index (χ0n) is 71.0. The van der Waals surface area contributed by atoms with Crippen LogP contribution in [0.3, 0.4) is 0 Å². The van der Waals surface area contributed by atoms with E-state index in [0.717, 1.165) is 68.8 Å². The number of aromatic nitrogens is 25. The van der Waals surface area contributed by atoms with Gasteiger partial charge >= 0.3 is 6.18 Å². The van der Waals surface area contributed by atoms with Gasteiger partial charge in [0.25, 0.3) is 23.6 Å². The van der Waals surface area contributed by atoms with Crippen molar-refractivity contribution in [1.82, 2.24) is 143 Å². The Morgan fingerprint density at radius 2 is 0.634 bits per heavy atom. The van der Waals surface area contributed by atoms with Crippen LogP contribution in [0.2, 0.25) is 15.1 Å². The van der Waals surface area contributed by atoms with E-state index in [4.69, 9.17) is 34.8 Å². The van der Waals surface area contributed by atoms with Crippen molar-refractivity contribution in [3.05, 3.63) is 209 Å². The van der Waals surface area contributed by atoms with Gasteiger partial charge in [0, 0.05) is 112 Å². The Bertz CT molecular complexity index is 5770. The van der Waals surface area contributed by atoms with Crippen molar-refractivity contribution < 1.29 is 49.9 Å². The van der Waals surface area contributed by atoms with Gasteiger partial charge in [0.2, 0.25) is 29.7 Å². The molecule has 20 rings (SSSR count). The van der Waals surface area contributed by atoms with Crippen LogP contribution in [-0.2, 0) is 6.18 Å². The highest BCUT2D eigenvalue weighted by Crippen LogP contribution is 2.40. The first-order valence-corrected chi connectivity index (χ1v) is 43.7. The minimum Gasteiger partial charge on any atom is -0.338 e. The van der Waals surface area contributed by atoms with Gasteiger partial charge in [-0.05, 0) is 105 Å². The molecule has 8 atom stereocenters. The summed E-state index contributed by atoms with van der Waals surface area (Å²) >= 11 is 17.5. The van der Waals surface area contributed by atoms with E-state index in [0.29, 0.717) is 126 Å². The van der Waals surface area contributed by atoms with E-state index in [1.807, 2.05) is 20.8 Å². The largest absolute Gasteiger partial charge is 0.419 e. The molecule has 131 heavy (non-hydrogen) atoms. The second-order valence-corrected chi connectivity index (χ2v) is 34.1. The van der Waals surface area contributed by atoms with Gasteiger partial charge in [-0.25, -0.2) is 122 Å². The summed E-state index contributed by atoms with van der Waals surface area (Å²) < 4.78 is 106. The zero-order chi connectivity index (χ0) is 91.5. The molecule has 8 aliphatic rings. The first kappa shape index (κ1) is 89.8. The van der Waals surface area contributed by atoms with E-state index in [2.05, 4.69) is 105 Å². The number of anilines is 4. The van der Waals surface area contributed by atoms with Crippen LogP contribution in [0, 0.1) is 27.7 Å². The maximum absolute atomic E-state index is 15.3. The van der Waals surface area contributed by atoms with Gasteiger partial charge in [-0.3, -0.25) is 32.9 Å². The summed E-state index contributed by atoms with van der Waals surface area (Å²) in [5, 5.41) is 5.48. The summed E-state index contributed by atoms with van der Waals surface area (Å²) in [6.45, 7) is 9.47. The van der Waals surface area contributed by atoms with Gasteiger partial charge in [0.15, 0.2) is 17.5 Å². The summed E-state index contributed by atoms with van der Waals surface area (Å²) in [7, 11) is 0. The highest BCUT2D eigenvalue weighted by atomic mass is 35.5. The Morgan fingerprint density at radius 1 is 0.336 bits per heavy atom. The molecule has 0 N–H and O–H groups in total. The number of carbonyl (C=O) groups excluding carboxylic acids is 4. The van der Waals surface area contributed by atoms with Crippen LogP contribution in [-0.4, -0.2) is 292 Å². The highest BCUT2D eigenvalue weighted by Gasteiger charge is 2.49. The van der Waals surface area contributed by atoms with Crippen molar-refractivity contribution in [2.75, 3.05) is 72.0 Å². The van der Waals surface area contributed by atoms with Gasteiger partial charge in [0.05, 0.1) is 151 Å². The minimum atomic E-state index is -4.54. The molecule has 4 saturated carbocycles. The molecule has 16 heterocycles. The van der Waals surface area contributed by atoms with E-state index in [1.54, 1.807) is 98.3 Å². The molecule has 0 aromatic carbocycles. The Hall–Kier alpha value is -13.1. The molecule has 8 fully saturated rings. The van der Waals surface area contributed by atoms with Crippen LogP contribution < -0.4 is 19.6 Å². The summed E-state index contributed by atoms with van der Waals surface area (Å²) in [6, 6.07) is -2.18. The number of carbonyl (C=O) groups is 4. The fourth-order valence-corrected chi connectivity index (χ4v) is 16.7. The second-order valence-electron chi connectivity index (χ2n) is 32.7. The number of hydrogen-bond acceptors (Lipinski definition) is 29. The molecule has 0 spiro atoms. The molecule has 4 saturated heterocycles. The number of aryl methyl sites for hydroxylation is 4. The van der Waals surface area contributed by atoms with Crippen molar-refractivity contribution >= 4 is 82.2 Å². The maximum Gasteiger partial charge on any atom is 0.419 e. The van der Waals surface area contributed by atoms with Crippen LogP contribution in [0.25, 0.3) is 23.4 Å². The summed E-state index contributed by atoms with van der Waals surface area (Å²) in [5.41, 5.74) is -0.0794. The predicted octanol–water partition coefficient (Wildman–Crippen LogP) is 10.3. The molecule has 0 radical (unpaired) electrons. The van der Waals surface area contributed by atoms with E-state index in [-0.39, 0.29) is 103 Å². The molecule has 12 aromatic heterocycles. The van der Waals surface area contributed by atoms with E-state index >= 15 is 17.6 Å². The van der Waals surface area contributed by atoms with Gasteiger partial charge < -0.3 is 39.2 Å². The summed E-state index contributed by atoms with van der Waals surface area (Å²) in [4.78, 5) is 150. The van der Waals surface area contributed by atoms with E-state index in [1.165, 1.54) is 96.5 Å². The molecule has 4 aliphatic carbocycles. The lowest BCUT2D eigenvalue weighted by Crippen LogP contribution is -2.55. The van der Waals surface area contributed by atoms with Crippen LogP contribution in [0.15, 0.2) is 143 Å². The fraction of sp³-hybridized carbons (Fsp3) is 0.440. The number of hydrogen-bond donors (Lipinski definition) is 0. The number of rotatable bonds is 20.